The van der Waals surface area contributed by atoms with Gasteiger partial charge in [0.25, 0.3) is 5.91 Å². The molecule has 0 aliphatic carbocycles. The molecule has 2 N–H and O–H groups in total. The van der Waals surface area contributed by atoms with E-state index in [0.717, 1.165) is 4.88 Å². The zero-order chi connectivity index (χ0) is 10.2. The van der Waals surface area contributed by atoms with Crippen molar-refractivity contribution < 1.29 is 9.59 Å². The van der Waals surface area contributed by atoms with Crippen molar-refractivity contribution in [1.29, 1.82) is 0 Å². The molecule has 4 nitrogen and oxygen atoms in total. The highest BCUT2D eigenvalue weighted by molar-refractivity contribution is 7.10. The highest BCUT2D eigenvalue weighted by Gasteiger charge is 2.46. The van der Waals surface area contributed by atoms with Gasteiger partial charge in [-0.25, -0.2) is 4.79 Å². The van der Waals surface area contributed by atoms with Crippen LogP contribution in [0.2, 0.25) is 0 Å². The third kappa shape index (κ3) is 1.13. The molecule has 1 aliphatic rings. The van der Waals surface area contributed by atoms with Gasteiger partial charge in [-0.3, -0.25) is 10.1 Å². The predicted octanol–water partition coefficient (Wildman–Crippen LogP) is 1.19. The number of rotatable bonds is 2. The van der Waals surface area contributed by atoms with Crippen molar-refractivity contribution in [2.75, 3.05) is 0 Å². The zero-order valence-electron chi connectivity index (χ0n) is 7.66. The summed E-state index contributed by atoms with van der Waals surface area (Å²) in [5.74, 6) is -0.257. The molecule has 14 heavy (non-hydrogen) atoms. The van der Waals surface area contributed by atoms with E-state index in [1.807, 2.05) is 24.4 Å². The van der Waals surface area contributed by atoms with Gasteiger partial charge in [0.1, 0.15) is 0 Å². The van der Waals surface area contributed by atoms with Gasteiger partial charge in [0.15, 0.2) is 5.54 Å². The number of nitrogens with one attached hydrogen (secondary N) is 2. The Balaban J connectivity index is 2.45. The molecule has 2 heterocycles. The quantitative estimate of drug-likeness (QED) is 0.720. The summed E-state index contributed by atoms with van der Waals surface area (Å²) < 4.78 is 0. The number of hydrogen-bond acceptors (Lipinski definition) is 3. The normalized spacial score (nSPS) is 26.1. The van der Waals surface area contributed by atoms with Crippen LogP contribution in [0.1, 0.15) is 18.2 Å². The Labute approximate surface area is 85.3 Å². The molecule has 1 aromatic heterocycles. The van der Waals surface area contributed by atoms with Gasteiger partial charge in [-0.2, -0.15) is 0 Å². The first kappa shape index (κ1) is 9.21. The molecule has 1 aliphatic heterocycles. The fourth-order valence-corrected chi connectivity index (χ4v) is 2.56. The smallest absolute Gasteiger partial charge is 0.319 e. The molecule has 2 rings (SSSR count). The maximum Gasteiger partial charge on any atom is 0.322 e. The molecule has 5 heteroatoms. The third-order valence-electron chi connectivity index (χ3n) is 2.41. The summed E-state index contributed by atoms with van der Waals surface area (Å²) in [7, 11) is 0. The second-order valence-electron chi connectivity index (χ2n) is 3.14. The lowest BCUT2D eigenvalue weighted by molar-refractivity contribution is -0.124. The Hall–Kier alpha value is -1.36. The summed E-state index contributed by atoms with van der Waals surface area (Å²) in [4.78, 5) is 23.6. The van der Waals surface area contributed by atoms with Crippen LogP contribution >= 0.6 is 11.3 Å². The average molecular weight is 210 g/mol. The van der Waals surface area contributed by atoms with E-state index < -0.39 is 11.6 Å². The monoisotopic (exact) mass is 210 g/mol. The van der Waals surface area contributed by atoms with Crippen LogP contribution in [0.25, 0.3) is 0 Å². The van der Waals surface area contributed by atoms with E-state index in [1.165, 1.54) is 11.3 Å². The summed E-state index contributed by atoms with van der Waals surface area (Å²) in [5, 5.41) is 6.84. The summed E-state index contributed by atoms with van der Waals surface area (Å²) in [6, 6.07) is 3.32. The largest absolute Gasteiger partial charge is 0.322 e. The maximum absolute atomic E-state index is 11.6. The third-order valence-corrected chi connectivity index (χ3v) is 3.45. The second-order valence-corrected chi connectivity index (χ2v) is 4.09. The lowest BCUT2D eigenvalue weighted by atomic mass is 9.94. The summed E-state index contributed by atoms with van der Waals surface area (Å²) in [6.07, 6.45) is 0.561. The number of carbonyl (C=O) groups excluding carboxylic acids is 2. The second kappa shape index (κ2) is 3.09. The topological polar surface area (TPSA) is 58.2 Å². The highest BCUT2D eigenvalue weighted by atomic mass is 32.1. The van der Waals surface area contributed by atoms with Gasteiger partial charge in [0, 0.05) is 4.88 Å². The van der Waals surface area contributed by atoms with E-state index in [9.17, 15) is 9.59 Å². The standard InChI is InChI=1S/C9H10N2O2S/c1-2-9(6-4-3-5-14-6)7(12)10-8(13)11-9/h3-5H,2H2,1H3,(H2,10,11,12,13). The molecule has 0 bridgehead atoms. The van der Waals surface area contributed by atoms with Crippen molar-refractivity contribution in [2.24, 2.45) is 0 Å². The van der Waals surface area contributed by atoms with Crippen molar-refractivity contribution in [3.63, 3.8) is 0 Å². The van der Waals surface area contributed by atoms with Gasteiger partial charge >= 0.3 is 6.03 Å². The van der Waals surface area contributed by atoms with Gasteiger partial charge < -0.3 is 5.32 Å². The molecule has 74 valence electrons. The van der Waals surface area contributed by atoms with Crippen LogP contribution in [0.15, 0.2) is 17.5 Å². The van der Waals surface area contributed by atoms with E-state index in [2.05, 4.69) is 10.6 Å². The Morgan fingerprint density at radius 3 is 2.71 bits per heavy atom. The van der Waals surface area contributed by atoms with Crippen molar-refractivity contribution in [3.8, 4) is 0 Å². The molecule has 0 saturated carbocycles. The first-order valence-electron chi connectivity index (χ1n) is 4.36. The predicted molar refractivity (Wildman–Crippen MR) is 53.0 cm³/mol. The molecule has 0 radical (unpaired) electrons. The SMILES string of the molecule is CCC1(c2cccs2)NC(=O)NC1=O. The summed E-state index contributed by atoms with van der Waals surface area (Å²) in [5.41, 5.74) is -0.842. The number of thiophene rings is 1. The lowest BCUT2D eigenvalue weighted by Gasteiger charge is -2.22. The Bertz CT molecular complexity index is 374. The van der Waals surface area contributed by atoms with Crippen LogP contribution in [0.5, 0.6) is 0 Å². The van der Waals surface area contributed by atoms with Gasteiger partial charge in [-0.1, -0.05) is 13.0 Å². The molecule has 1 fully saturated rings. The van der Waals surface area contributed by atoms with Gasteiger partial charge in [0.05, 0.1) is 0 Å². The van der Waals surface area contributed by atoms with Crippen LogP contribution < -0.4 is 10.6 Å². The summed E-state index contributed by atoms with van der Waals surface area (Å²) >= 11 is 1.47. The van der Waals surface area contributed by atoms with Crippen LogP contribution in [0, 0.1) is 0 Å². The minimum atomic E-state index is -0.842. The van der Waals surface area contributed by atoms with Crippen LogP contribution in [-0.2, 0) is 10.3 Å². The fraction of sp³-hybridized carbons (Fsp3) is 0.333. The zero-order valence-corrected chi connectivity index (χ0v) is 8.48. The highest BCUT2D eigenvalue weighted by Crippen LogP contribution is 2.31. The van der Waals surface area contributed by atoms with Crippen LogP contribution in [0.3, 0.4) is 0 Å². The maximum atomic E-state index is 11.6. The lowest BCUT2D eigenvalue weighted by Crippen LogP contribution is -2.42. The first-order valence-corrected chi connectivity index (χ1v) is 5.24. The van der Waals surface area contributed by atoms with Gasteiger partial charge in [0.2, 0.25) is 0 Å². The molecule has 0 aromatic carbocycles. The molecular formula is C9H10N2O2S. The summed E-state index contributed by atoms with van der Waals surface area (Å²) in [6.45, 7) is 1.88. The molecule has 0 spiro atoms. The van der Waals surface area contributed by atoms with Crippen LogP contribution in [-0.4, -0.2) is 11.9 Å². The average Bonchev–Trinajstić information content (AvgIpc) is 2.73. The first-order chi connectivity index (χ1) is 6.69. The fourth-order valence-electron chi connectivity index (χ4n) is 1.61. The van der Waals surface area contributed by atoms with Crippen molar-refractivity contribution in [1.82, 2.24) is 10.6 Å². The van der Waals surface area contributed by atoms with Gasteiger partial charge in [-0.15, -0.1) is 11.3 Å². The van der Waals surface area contributed by atoms with E-state index in [-0.39, 0.29) is 5.91 Å². The van der Waals surface area contributed by atoms with E-state index in [1.54, 1.807) is 0 Å². The van der Waals surface area contributed by atoms with Crippen molar-refractivity contribution >= 4 is 23.3 Å². The number of carbonyl (C=O) groups is 2. The molecule has 1 unspecified atom stereocenters. The number of amides is 3. The molecule has 1 atom stereocenters. The molecular weight excluding hydrogens is 200 g/mol. The van der Waals surface area contributed by atoms with Gasteiger partial charge in [-0.05, 0) is 17.9 Å². The molecule has 1 aromatic rings. The Morgan fingerprint density at radius 2 is 2.29 bits per heavy atom. The Kier molecular flexibility index (Phi) is 2.03. The number of urea groups is 1. The van der Waals surface area contributed by atoms with Crippen LogP contribution in [0.4, 0.5) is 4.79 Å². The number of hydrogen-bond donors (Lipinski definition) is 2. The van der Waals surface area contributed by atoms with E-state index in [0.29, 0.717) is 6.42 Å². The van der Waals surface area contributed by atoms with Crippen molar-refractivity contribution in [3.05, 3.63) is 22.4 Å². The van der Waals surface area contributed by atoms with E-state index >= 15 is 0 Å². The molecule has 3 amide bonds. The number of imide groups is 1. The van der Waals surface area contributed by atoms with Crippen molar-refractivity contribution in [2.45, 2.75) is 18.9 Å². The minimum Gasteiger partial charge on any atom is -0.319 e. The minimum absolute atomic E-state index is 0.257. The Morgan fingerprint density at radius 1 is 1.50 bits per heavy atom. The van der Waals surface area contributed by atoms with E-state index in [4.69, 9.17) is 0 Å². The molecule has 1 saturated heterocycles.